The molecular formula is C73H120O6. The van der Waals surface area contributed by atoms with Gasteiger partial charge in [-0.2, -0.15) is 0 Å². The zero-order chi connectivity index (χ0) is 57.1. The topological polar surface area (TPSA) is 78.9 Å². The number of ether oxygens (including phenoxy) is 3. The van der Waals surface area contributed by atoms with Crippen LogP contribution in [0.25, 0.3) is 0 Å². The zero-order valence-electron chi connectivity index (χ0n) is 51.3. The molecule has 0 heterocycles. The van der Waals surface area contributed by atoms with Crippen LogP contribution in [-0.4, -0.2) is 37.2 Å². The van der Waals surface area contributed by atoms with E-state index in [1.54, 1.807) is 0 Å². The molecule has 0 aliphatic rings. The van der Waals surface area contributed by atoms with Crippen molar-refractivity contribution in [3.8, 4) is 0 Å². The summed E-state index contributed by atoms with van der Waals surface area (Å²) in [6, 6.07) is 0. The van der Waals surface area contributed by atoms with Gasteiger partial charge in [0.2, 0.25) is 0 Å². The first-order chi connectivity index (χ1) is 39.0. The summed E-state index contributed by atoms with van der Waals surface area (Å²) in [5.41, 5.74) is 0. The standard InChI is InChI=1S/C73H120O6/c1-4-7-10-13-16-19-22-25-27-28-29-30-31-32-33-34-35-36-37-38-39-40-41-42-43-44-46-48-51-54-57-60-63-66-72(75)78-69-70(68-77-71(74)65-62-59-56-53-50-47-24-21-18-15-12-9-6-3)79-73(76)67-64-61-58-55-52-49-45-26-23-20-17-14-11-8-5-2/h7-8,10-12,15-17,19-21,24-27,29-30,32-33,45,52,55,70H,4-6,9,13-14,18,22-23,28,31,34-44,46-51,53-54,56-69H2,1-3H3/b10-7-,11-8-,15-12-,19-16-,20-17-,24-21-,27-25-,30-29-,33-32-,45-26-,55-52-. The summed E-state index contributed by atoms with van der Waals surface area (Å²) < 4.78 is 16.9. The van der Waals surface area contributed by atoms with Gasteiger partial charge >= 0.3 is 17.9 Å². The number of rotatable bonds is 58. The Morgan fingerprint density at radius 1 is 0.266 bits per heavy atom. The van der Waals surface area contributed by atoms with Crippen LogP contribution in [0.4, 0.5) is 0 Å². The van der Waals surface area contributed by atoms with E-state index in [9.17, 15) is 14.4 Å². The fourth-order valence-electron chi connectivity index (χ4n) is 8.79. The maximum absolute atomic E-state index is 12.9. The molecule has 0 aliphatic heterocycles. The molecule has 0 aromatic heterocycles. The molecule has 1 atom stereocenters. The highest BCUT2D eigenvalue weighted by molar-refractivity contribution is 5.71. The molecule has 0 bridgehead atoms. The highest BCUT2D eigenvalue weighted by Gasteiger charge is 2.19. The second kappa shape index (κ2) is 66.1. The zero-order valence-corrected chi connectivity index (χ0v) is 51.3. The minimum absolute atomic E-state index is 0.100. The quantitative estimate of drug-likeness (QED) is 0.0261. The maximum atomic E-state index is 12.9. The first-order valence-corrected chi connectivity index (χ1v) is 32.7. The number of carbonyl (C=O) groups excluding carboxylic acids is 3. The monoisotopic (exact) mass is 1090 g/mol. The highest BCUT2D eigenvalue weighted by Crippen LogP contribution is 2.16. The van der Waals surface area contributed by atoms with Crippen LogP contribution in [0, 0.1) is 0 Å². The number of allylic oxidation sites excluding steroid dienone is 22. The van der Waals surface area contributed by atoms with E-state index in [1.807, 2.05) is 0 Å². The van der Waals surface area contributed by atoms with Crippen LogP contribution in [0.1, 0.15) is 290 Å². The molecule has 448 valence electrons. The summed E-state index contributed by atoms with van der Waals surface area (Å²) in [5.74, 6) is -0.954. The third-order valence-corrected chi connectivity index (χ3v) is 13.6. The maximum Gasteiger partial charge on any atom is 0.306 e. The fraction of sp³-hybridized carbons (Fsp3) is 0.658. The molecule has 6 heteroatoms. The number of carbonyl (C=O) groups is 3. The van der Waals surface area contributed by atoms with Gasteiger partial charge in [-0.25, -0.2) is 0 Å². The summed E-state index contributed by atoms with van der Waals surface area (Å²) >= 11 is 0. The second-order valence-corrected chi connectivity index (χ2v) is 21.3. The Bertz CT molecular complexity index is 1680. The van der Waals surface area contributed by atoms with Crippen LogP contribution in [0.2, 0.25) is 0 Å². The van der Waals surface area contributed by atoms with Crippen molar-refractivity contribution < 1.29 is 28.6 Å². The highest BCUT2D eigenvalue weighted by atomic mass is 16.6. The lowest BCUT2D eigenvalue weighted by Gasteiger charge is -2.18. The summed E-state index contributed by atoms with van der Waals surface area (Å²) in [6.45, 7) is 6.31. The van der Waals surface area contributed by atoms with Crippen LogP contribution in [0.5, 0.6) is 0 Å². The smallest absolute Gasteiger partial charge is 0.306 e. The molecule has 0 fully saturated rings. The first-order valence-electron chi connectivity index (χ1n) is 32.7. The summed E-state index contributed by atoms with van der Waals surface area (Å²) in [7, 11) is 0. The fourth-order valence-corrected chi connectivity index (χ4v) is 8.79. The number of hydrogen-bond donors (Lipinski definition) is 0. The predicted molar refractivity (Wildman–Crippen MR) is 343 cm³/mol. The van der Waals surface area contributed by atoms with Crippen molar-refractivity contribution in [1.29, 1.82) is 0 Å². The van der Waals surface area contributed by atoms with Crippen molar-refractivity contribution >= 4 is 17.9 Å². The summed E-state index contributed by atoms with van der Waals surface area (Å²) in [6.07, 6.45) is 93.4. The van der Waals surface area contributed by atoms with Gasteiger partial charge in [-0.15, -0.1) is 0 Å². The average Bonchev–Trinajstić information content (AvgIpc) is 3.45. The van der Waals surface area contributed by atoms with Gasteiger partial charge in [0, 0.05) is 19.3 Å². The van der Waals surface area contributed by atoms with Crippen molar-refractivity contribution in [2.75, 3.05) is 13.2 Å². The Hall–Kier alpha value is -4.45. The van der Waals surface area contributed by atoms with Gasteiger partial charge in [-0.05, 0) is 128 Å². The molecular weight excluding hydrogens is 973 g/mol. The van der Waals surface area contributed by atoms with Crippen molar-refractivity contribution in [3.63, 3.8) is 0 Å². The van der Waals surface area contributed by atoms with E-state index in [0.717, 1.165) is 141 Å². The molecule has 0 N–H and O–H groups in total. The van der Waals surface area contributed by atoms with Gasteiger partial charge in [0.25, 0.3) is 0 Å². The molecule has 0 saturated heterocycles. The first kappa shape index (κ1) is 74.5. The summed E-state index contributed by atoms with van der Waals surface area (Å²) in [4.78, 5) is 38.2. The molecule has 79 heavy (non-hydrogen) atoms. The molecule has 0 aromatic rings. The van der Waals surface area contributed by atoms with Gasteiger partial charge in [0.05, 0.1) is 0 Å². The van der Waals surface area contributed by atoms with Gasteiger partial charge in [0.15, 0.2) is 6.10 Å². The van der Waals surface area contributed by atoms with Crippen LogP contribution in [0.3, 0.4) is 0 Å². The molecule has 0 radical (unpaired) electrons. The third kappa shape index (κ3) is 64.3. The van der Waals surface area contributed by atoms with E-state index in [4.69, 9.17) is 14.2 Å². The normalized spacial score (nSPS) is 13.0. The van der Waals surface area contributed by atoms with E-state index >= 15 is 0 Å². The van der Waals surface area contributed by atoms with Crippen LogP contribution >= 0.6 is 0 Å². The Kier molecular flexibility index (Phi) is 62.3. The molecule has 0 amide bonds. The van der Waals surface area contributed by atoms with Crippen LogP contribution in [0.15, 0.2) is 134 Å². The number of esters is 3. The van der Waals surface area contributed by atoms with E-state index < -0.39 is 6.10 Å². The lowest BCUT2D eigenvalue weighted by Crippen LogP contribution is -2.30. The molecule has 0 aromatic carbocycles. The third-order valence-electron chi connectivity index (χ3n) is 13.6. The van der Waals surface area contributed by atoms with Crippen molar-refractivity contribution in [2.45, 2.75) is 297 Å². The molecule has 0 aliphatic carbocycles. The summed E-state index contributed by atoms with van der Waals surface area (Å²) in [5, 5.41) is 0. The van der Waals surface area contributed by atoms with E-state index in [-0.39, 0.29) is 37.5 Å². The SMILES string of the molecule is CC/C=C\C/C=C\C/C=C\C/C=C\C/C=C\CCCCCCCCCCCCCCCCCCCC(=O)OCC(COC(=O)CCCCCCC/C=C\C/C=C\CCC)OC(=O)CCCC/C=C\C/C=C\C/C=C\C/C=C\CC. The average molecular weight is 1090 g/mol. The molecule has 0 saturated carbocycles. The van der Waals surface area contributed by atoms with E-state index in [1.165, 1.54) is 103 Å². The van der Waals surface area contributed by atoms with Crippen molar-refractivity contribution in [3.05, 3.63) is 134 Å². The van der Waals surface area contributed by atoms with Gasteiger partial charge in [-0.1, -0.05) is 276 Å². The van der Waals surface area contributed by atoms with E-state index in [2.05, 4.69) is 154 Å². The molecule has 0 rings (SSSR count). The number of hydrogen-bond acceptors (Lipinski definition) is 6. The van der Waals surface area contributed by atoms with E-state index in [0.29, 0.717) is 19.3 Å². The van der Waals surface area contributed by atoms with Crippen molar-refractivity contribution in [1.82, 2.24) is 0 Å². The van der Waals surface area contributed by atoms with Crippen LogP contribution < -0.4 is 0 Å². The minimum atomic E-state index is -0.808. The Morgan fingerprint density at radius 3 is 0.797 bits per heavy atom. The Morgan fingerprint density at radius 2 is 0.494 bits per heavy atom. The predicted octanol–water partition coefficient (Wildman–Crippen LogP) is 22.5. The molecule has 6 nitrogen and oxygen atoms in total. The van der Waals surface area contributed by atoms with Gasteiger partial charge in [0.1, 0.15) is 13.2 Å². The lowest BCUT2D eigenvalue weighted by molar-refractivity contribution is -0.167. The van der Waals surface area contributed by atoms with Crippen LogP contribution in [-0.2, 0) is 28.6 Å². The second-order valence-electron chi connectivity index (χ2n) is 21.3. The lowest BCUT2D eigenvalue weighted by atomic mass is 10.0. The molecule has 0 spiro atoms. The number of unbranched alkanes of at least 4 members (excludes halogenated alkanes) is 25. The molecule has 1 unspecified atom stereocenters. The Balaban J connectivity index is 4.20. The van der Waals surface area contributed by atoms with Gasteiger partial charge < -0.3 is 14.2 Å². The Labute approximate surface area is 487 Å². The minimum Gasteiger partial charge on any atom is -0.462 e. The van der Waals surface area contributed by atoms with Crippen molar-refractivity contribution in [2.24, 2.45) is 0 Å². The largest absolute Gasteiger partial charge is 0.462 e. The van der Waals surface area contributed by atoms with Gasteiger partial charge in [-0.3, -0.25) is 14.4 Å².